The molecule has 6 nitrogen and oxygen atoms in total. The molecule has 2 aromatic carbocycles. The van der Waals surface area contributed by atoms with Gasteiger partial charge in [0.1, 0.15) is 22.9 Å². The minimum atomic E-state index is -1.72. The van der Waals surface area contributed by atoms with Crippen molar-refractivity contribution in [1.29, 1.82) is 0 Å². The van der Waals surface area contributed by atoms with Gasteiger partial charge in [0.25, 0.3) is 0 Å². The molecule has 0 amide bonds. The molecule has 1 aliphatic rings. The molecule has 0 radical (unpaired) electrons. The Morgan fingerprint density at radius 3 is 2.41 bits per heavy atom. The highest BCUT2D eigenvalue weighted by Gasteiger charge is 2.49. The SMILES string of the molecule is O=C1CC(O)(c2ccccc2)C(c2cc(O)cc(=O)o2)c2cccc(O)c21. The molecule has 3 aromatic rings. The molecule has 27 heavy (non-hydrogen) atoms. The van der Waals surface area contributed by atoms with Crippen LogP contribution < -0.4 is 5.63 Å². The number of aromatic hydroxyl groups is 2. The van der Waals surface area contributed by atoms with E-state index in [9.17, 15) is 24.9 Å². The van der Waals surface area contributed by atoms with Gasteiger partial charge >= 0.3 is 5.63 Å². The van der Waals surface area contributed by atoms with Crippen LogP contribution in [0, 0.1) is 0 Å². The van der Waals surface area contributed by atoms with E-state index in [2.05, 4.69) is 0 Å². The van der Waals surface area contributed by atoms with E-state index < -0.39 is 22.9 Å². The highest BCUT2D eigenvalue weighted by molar-refractivity contribution is 6.02. The molecule has 0 spiro atoms. The van der Waals surface area contributed by atoms with Crippen molar-refractivity contribution in [2.75, 3.05) is 0 Å². The van der Waals surface area contributed by atoms with Crippen LogP contribution in [0.25, 0.3) is 0 Å². The largest absolute Gasteiger partial charge is 0.508 e. The smallest absolute Gasteiger partial charge is 0.339 e. The van der Waals surface area contributed by atoms with Crippen LogP contribution in [0.2, 0.25) is 0 Å². The third kappa shape index (κ3) is 2.71. The maximum atomic E-state index is 12.7. The van der Waals surface area contributed by atoms with Gasteiger partial charge in [0.05, 0.1) is 17.5 Å². The van der Waals surface area contributed by atoms with E-state index in [0.717, 1.165) is 6.07 Å². The summed E-state index contributed by atoms with van der Waals surface area (Å²) in [6.07, 6.45) is -0.314. The van der Waals surface area contributed by atoms with Crippen LogP contribution in [-0.4, -0.2) is 21.1 Å². The van der Waals surface area contributed by atoms with Crippen molar-refractivity contribution in [3.8, 4) is 11.5 Å². The predicted molar refractivity (Wildman–Crippen MR) is 95.9 cm³/mol. The fraction of sp³-hybridized carbons (Fsp3) is 0.143. The maximum absolute atomic E-state index is 12.7. The number of carbonyl (C=O) groups excluding carboxylic acids is 1. The molecule has 6 heteroatoms. The number of Topliss-reactive ketones (excluding diaryl/α,β-unsaturated/α-hetero) is 1. The number of ketones is 1. The highest BCUT2D eigenvalue weighted by atomic mass is 16.4. The molecule has 2 unspecified atom stereocenters. The lowest BCUT2D eigenvalue weighted by Crippen LogP contribution is -2.41. The highest BCUT2D eigenvalue weighted by Crippen LogP contribution is 2.50. The third-order valence-corrected chi connectivity index (χ3v) is 4.90. The number of carbonyl (C=O) groups is 1. The fourth-order valence-corrected chi connectivity index (χ4v) is 3.80. The van der Waals surface area contributed by atoms with Crippen LogP contribution >= 0.6 is 0 Å². The van der Waals surface area contributed by atoms with Gasteiger partial charge in [-0.05, 0) is 17.2 Å². The van der Waals surface area contributed by atoms with E-state index in [1.165, 1.54) is 12.1 Å². The minimum absolute atomic E-state index is 0.00528. The summed E-state index contributed by atoms with van der Waals surface area (Å²) in [7, 11) is 0. The zero-order valence-corrected chi connectivity index (χ0v) is 14.1. The van der Waals surface area contributed by atoms with Gasteiger partial charge in [-0.15, -0.1) is 0 Å². The van der Waals surface area contributed by atoms with Crippen molar-refractivity contribution in [3.05, 3.63) is 93.5 Å². The van der Waals surface area contributed by atoms with Gasteiger partial charge in [0.2, 0.25) is 0 Å². The molecule has 3 N–H and O–H groups in total. The molecule has 1 aliphatic carbocycles. The van der Waals surface area contributed by atoms with Gasteiger partial charge < -0.3 is 19.7 Å². The normalized spacial score (nSPS) is 21.7. The average molecular weight is 364 g/mol. The Morgan fingerprint density at radius 2 is 1.70 bits per heavy atom. The van der Waals surface area contributed by atoms with Gasteiger partial charge in [-0.25, -0.2) is 4.79 Å². The topological polar surface area (TPSA) is 108 Å². The Kier molecular flexibility index (Phi) is 3.86. The Hall–Kier alpha value is -3.38. The fourth-order valence-electron chi connectivity index (χ4n) is 3.80. The van der Waals surface area contributed by atoms with Gasteiger partial charge in [0.15, 0.2) is 5.78 Å². The second kappa shape index (κ2) is 6.10. The summed E-state index contributed by atoms with van der Waals surface area (Å²) in [6, 6.07) is 15.3. The predicted octanol–water partition coefficient (Wildman–Crippen LogP) is 2.66. The number of hydrogen-bond donors (Lipinski definition) is 3. The molecule has 0 aliphatic heterocycles. The molecule has 1 aromatic heterocycles. The number of aliphatic hydroxyl groups is 1. The Balaban J connectivity index is 2.05. The third-order valence-electron chi connectivity index (χ3n) is 4.90. The average Bonchev–Trinajstić information content (AvgIpc) is 2.61. The Labute approximate surface area is 154 Å². The number of fused-ring (bicyclic) bond motifs is 1. The molecule has 0 saturated heterocycles. The monoisotopic (exact) mass is 364 g/mol. The molecule has 0 fully saturated rings. The van der Waals surface area contributed by atoms with Gasteiger partial charge in [-0.3, -0.25) is 4.79 Å². The Morgan fingerprint density at radius 1 is 0.963 bits per heavy atom. The van der Waals surface area contributed by atoms with Crippen LogP contribution in [-0.2, 0) is 5.60 Å². The molecular formula is C21H16O6. The molecule has 136 valence electrons. The van der Waals surface area contributed by atoms with Gasteiger partial charge in [0, 0.05) is 12.5 Å². The number of rotatable bonds is 2. The van der Waals surface area contributed by atoms with Crippen molar-refractivity contribution in [2.24, 2.45) is 0 Å². The van der Waals surface area contributed by atoms with Crippen molar-refractivity contribution in [3.63, 3.8) is 0 Å². The second-order valence-electron chi connectivity index (χ2n) is 6.60. The van der Waals surface area contributed by atoms with Crippen molar-refractivity contribution < 1.29 is 24.5 Å². The zero-order chi connectivity index (χ0) is 19.2. The lowest BCUT2D eigenvalue weighted by molar-refractivity contribution is 0.00211. The van der Waals surface area contributed by atoms with E-state index in [1.807, 2.05) is 0 Å². The van der Waals surface area contributed by atoms with E-state index in [1.54, 1.807) is 42.5 Å². The molecule has 1 heterocycles. The molecular weight excluding hydrogens is 348 g/mol. The van der Waals surface area contributed by atoms with E-state index in [4.69, 9.17) is 4.42 Å². The van der Waals surface area contributed by atoms with Crippen LogP contribution in [0.15, 0.2) is 69.9 Å². The van der Waals surface area contributed by atoms with Gasteiger partial charge in [-0.2, -0.15) is 0 Å². The standard InChI is InChI=1S/C21H16O6/c22-13-9-17(27-18(25)10-13)20-14-7-4-8-15(23)19(14)16(24)11-21(20,26)12-5-2-1-3-6-12/h1-10,20,22-23,26H,11H2. The summed E-state index contributed by atoms with van der Waals surface area (Å²) >= 11 is 0. The lowest BCUT2D eigenvalue weighted by Gasteiger charge is -2.40. The van der Waals surface area contributed by atoms with Crippen LogP contribution in [0.3, 0.4) is 0 Å². The maximum Gasteiger partial charge on any atom is 0.339 e. The Bertz CT molecular complexity index is 1090. The number of phenolic OH excluding ortho intramolecular Hbond substituents is 1. The number of hydrogen-bond acceptors (Lipinski definition) is 6. The molecule has 0 bridgehead atoms. The first-order valence-corrected chi connectivity index (χ1v) is 8.37. The molecule has 2 atom stereocenters. The van der Waals surface area contributed by atoms with Crippen LogP contribution in [0.1, 0.15) is 39.6 Å². The lowest BCUT2D eigenvalue weighted by atomic mass is 9.67. The summed E-state index contributed by atoms with van der Waals surface area (Å²) in [5, 5.41) is 31.7. The number of benzene rings is 2. The molecule has 0 saturated carbocycles. The minimum Gasteiger partial charge on any atom is -0.508 e. The first kappa shape index (κ1) is 17.1. The summed E-state index contributed by atoms with van der Waals surface area (Å²) in [4.78, 5) is 24.6. The van der Waals surface area contributed by atoms with E-state index in [0.29, 0.717) is 11.1 Å². The van der Waals surface area contributed by atoms with Gasteiger partial charge in [-0.1, -0.05) is 42.5 Å². The van der Waals surface area contributed by atoms with Crippen LogP contribution in [0.5, 0.6) is 11.5 Å². The van der Waals surface area contributed by atoms with Crippen molar-refractivity contribution >= 4 is 5.78 Å². The summed E-state index contributed by atoms with van der Waals surface area (Å²) in [5.41, 5.74) is -1.63. The number of phenols is 1. The zero-order valence-electron chi connectivity index (χ0n) is 14.1. The van der Waals surface area contributed by atoms with E-state index >= 15 is 0 Å². The first-order chi connectivity index (χ1) is 12.9. The summed E-state index contributed by atoms with van der Waals surface area (Å²) in [5.74, 6) is -1.91. The van der Waals surface area contributed by atoms with E-state index in [-0.39, 0.29) is 29.2 Å². The van der Waals surface area contributed by atoms with Crippen molar-refractivity contribution in [1.82, 2.24) is 0 Å². The summed E-state index contributed by atoms with van der Waals surface area (Å²) < 4.78 is 5.28. The summed E-state index contributed by atoms with van der Waals surface area (Å²) in [6.45, 7) is 0. The molecule has 4 rings (SSSR count). The van der Waals surface area contributed by atoms with Crippen molar-refractivity contribution in [2.45, 2.75) is 17.9 Å². The quantitative estimate of drug-likeness (QED) is 0.645. The first-order valence-electron chi connectivity index (χ1n) is 8.37. The van der Waals surface area contributed by atoms with Crippen LogP contribution in [0.4, 0.5) is 0 Å². The second-order valence-corrected chi connectivity index (χ2v) is 6.60.